The second-order valence-corrected chi connectivity index (χ2v) is 23.3. The van der Waals surface area contributed by atoms with Crippen LogP contribution in [0.3, 0.4) is 0 Å². The molecule has 39 nitrogen and oxygen atoms in total. The summed E-state index contributed by atoms with van der Waals surface area (Å²) < 4.78 is 128. The summed E-state index contributed by atoms with van der Waals surface area (Å²) in [6.07, 6.45) is -28.4. The Bertz CT molecular complexity index is 3090. The average molecular weight is 1510 g/mol. The number of rotatable bonds is 45. The van der Waals surface area contributed by atoms with Crippen molar-refractivity contribution >= 4 is 89.4 Å². The highest BCUT2D eigenvalue weighted by atomic mass is 16.8. The van der Waals surface area contributed by atoms with Crippen LogP contribution in [0.5, 0.6) is 11.5 Å². The van der Waals surface area contributed by atoms with Crippen molar-refractivity contribution in [2.45, 2.75) is 234 Å². The molecular weight excluding hydrogens is 1410 g/mol. The summed E-state index contributed by atoms with van der Waals surface area (Å²) in [7, 11) is 2.24. The van der Waals surface area contributed by atoms with Crippen LogP contribution in [-0.2, 0) is 167 Å². The van der Waals surface area contributed by atoms with Gasteiger partial charge in [-0.2, -0.15) is 0 Å². The van der Waals surface area contributed by atoms with Crippen LogP contribution < -0.4 is 20.1 Å². The number of carbonyl (C=O) groups is 15. The van der Waals surface area contributed by atoms with Gasteiger partial charge >= 0.3 is 77.6 Å². The zero-order valence-corrected chi connectivity index (χ0v) is 61.9. The summed E-state index contributed by atoms with van der Waals surface area (Å²) in [5.74, 6) is -17.4. The number of amides is 2. The molecule has 1 aromatic carbocycles. The third-order valence-electron chi connectivity index (χ3n) is 14.1. The Hall–Kier alpha value is -9.41. The topological polar surface area (TPSA) is 483 Å². The second-order valence-electron chi connectivity index (χ2n) is 23.3. The molecule has 0 aliphatic carbocycles. The number of hydrogen-bond acceptors (Lipinski definition) is 37. The van der Waals surface area contributed by atoms with Gasteiger partial charge in [-0.05, 0) is 45.0 Å². The van der Waals surface area contributed by atoms with Gasteiger partial charge in [-0.25, -0.2) is 4.79 Å². The highest BCUT2D eigenvalue weighted by Crippen LogP contribution is 2.38. The van der Waals surface area contributed by atoms with E-state index in [1.54, 1.807) is 0 Å². The molecule has 0 aromatic heterocycles. The molecule has 0 saturated carbocycles. The molecule has 18 atom stereocenters. The molecule has 2 rings (SSSR count). The SMILES string of the molecule is COC(=O)[C@@]1(OCC(O[C@@H](O[C@@H](C)C(COC(C)=O)O[C@@H](O[C@H](COC(C)=O)[C@@H](Oc2ccc(OC)cc2)OC(COC(C)=O)[C@H](C)OC(C)=O)[C@H](COC(C)=O)NC(C)=O)[C@H](COC(C)=O)OC(C)=O)[C@@H](C)OC(C)=O)C[C@@H](OC(C)=O)[C@@H](NC(C)=O)C([C@H](OC(C)=O)[C@@H](COC(C)=O)OC(C)=O)O1. The molecule has 1 fully saturated rings. The van der Waals surface area contributed by atoms with Crippen LogP contribution in [0.2, 0.25) is 0 Å². The monoisotopic (exact) mass is 1510 g/mol. The van der Waals surface area contributed by atoms with E-state index in [0.29, 0.717) is 5.75 Å². The lowest BCUT2D eigenvalue weighted by atomic mass is 9.88. The summed E-state index contributed by atoms with van der Waals surface area (Å²) in [6.45, 7) is 11.6. The van der Waals surface area contributed by atoms with Gasteiger partial charge in [0.15, 0.2) is 37.0 Å². The van der Waals surface area contributed by atoms with Gasteiger partial charge in [0, 0.05) is 96.9 Å². The van der Waals surface area contributed by atoms with Gasteiger partial charge in [0.1, 0.15) is 99.9 Å². The molecule has 592 valence electrons. The van der Waals surface area contributed by atoms with Gasteiger partial charge < -0.3 is 115 Å². The van der Waals surface area contributed by atoms with Crippen molar-refractivity contribution in [2.24, 2.45) is 0 Å². The molecule has 0 spiro atoms. The maximum absolute atomic E-state index is 14.6. The zero-order chi connectivity index (χ0) is 79.6. The smallest absolute Gasteiger partial charge is 0.366 e. The minimum atomic E-state index is -2.97. The van der Waals surface area contributed by atoms with Crippen LogP contribution >= 0.6 is 0 Å². The van der Waals surface area contributed by atoms with E-state index in [4.69, 9.17) is 104 Å². The lowest BCUT2D eigenvalue weighted by molar-refractivity contribution is -0.330. The number of carbonyl (C=O) groups excluding carboxylic acids is 15. The lowest BCUT2D eigenvalue weighted by Crippen LogP contribution is -2.69. The number of esters is 13. The van der Waals surface area contributed by atoms with E-state index in [9.17, 15) is 71.9 Å². The third-order valence-corrected chi connectivity index (χ3v) is 14.1. The van der Waals surface area contributed by atoms with Crippen molar-refractivity contribution in [1.29, 1.82) is 0 Å². The first kappa shape index (κ1) is 91.7. The van der Waals surface area contributed by atoms with Crippen molar-refractivity contribution in [3.05, 3.63) is 24.3 Å². The van der Waals surface area contributed by atoms with Gasteiger partial charge in [0.25, 0.3) is 5.79 Å². The summed E-state index contributed by atoms with van der Waals surface area (Å²) in [5, 5.41) is 5.06. The second kappa shape index (κ2) is 45.7. The molecule has 1 aromatic rings. The highest BCUT2D eigenvalue weighted by Gasteiger charge is 2.60. The normalized spacial score (nSPS) is 19.4. The average Bonchev–Trinajstić information content (AvgIpc) is 0.755. The van der Waals surface area contributed by atoms with E-state index in [1.165, 1.54) is 52.1 Å². The lowest BCUT2D eigenvalue weighted by Gasteiger charge is -2.48. The highest BCUT2D eigenvalue weighted by molar-refractivity contribution is 5.79. The van der Waals surface area contributed by atoms with Gasteiger partial charge in [-0.3, -0.25) is 67.1 Å². The Kier molecular flexibility index (Phi) is 39.9. The van der Waals surface area contributed by atoms with E-state index in [-0.39, 0.29) is 5.75 Å². The molecule has 4 unspecified atom stereocenters. The van der Waals surface area contributed by atoms with E-state index in [2.05, 4.69) is 10.6 Å². The first-order valence-corrected chi connectivity index (χ1v) is 32.4. The van der Waals surface area contributed by atoms with Gasteiger partial charge in [-0.1, -0.05) is 0 Å². The predicted molar refractivity (Wildman–Crippen MR) is 345 cm³/mol. The number of hydrogen-bond donors (Lipinski definition) is 2. The zero-order valence-electron chi connectivity index (χ0n) is 61.9. The fourth-order valence-electron chi connectivity index (χ4n) is 9.71. The van der Waals surface area contributed by atoms with Crippen molar-refractivity contribution in [3.8, 4) is 11.5 Å². The minimum Gasteiger partial charge on any atom is -0.497 e. The van der Waals surface area contributed by atoms with Crippen LogP contribution in [0, 0.1) is 0 Å². The van der Waals surface area contributed by atoms with Crippen LogP contribution in [-0.4, -0.2) is 260 Å². The molecular formula is C66H96N2O37. The van der Waals surface area contributed by atoms with Crippen LogP contribution in [0.4, 0.5) is 0 Å². The van der Waals surface area contributed by atoms with E-state index in [0.717, 1.165) is 104 Å². The van der Waals surface area contributed by atoms with E-state index >= 15 is 0 Å². The van der Waals surface area contributed by atoms with Crippen LogP contribution in [0.1, 0.15) is 124 Å². The summed E-state index contributed by atoms with van der Waals surface area (Å²) >= 11 is 0. The van der Waals surface area contributed by atoms with Crippen LogP contribution in [0.25, 0.3) is 0 Å². The quantitative estimate of drug-likeness (QED) is 0.0515. The predicted octanol–water partition coefficient (Wildman–Crippen LogP) is 0.691. The molecule has 39 heteroatoms. The van der Waals surface area contributed by atoms with Gasteiger partial charge in [0.05, 0.1) is 39.4 Å². The Morgan fingerprint density at radius 1 is 0.419 bits per heavy atom. The Morgan fingerprint density at radius 3 is 1.26 bits per heavy atom. The Morgan fingerprint density at radius 2 is 0.819 bits per heavy atom. The fraction of sp³-hybridized carbons (Fsp3) is 0.682. The summed E-state index contributed by atoms with van der Waals surface area (Å²) in [4.78, 5) is 194. The maximum atomic E-state index is 14.6. The van der Waals surface area contributed by atoms with E-state index < -0.39 is 252 Å². The number of ether oxygens (including phenoxy) is 22. The molecule has 1 aliphatic heterocycles. The summed E-state index contributed by atoms with van der Waals surface area (Å²) in [5.41, 5.74) is 0. The Labute approximate surface area is 604 Å². The van der Waals surface area contributed by atoms with Crippen molar-refractivity contribution in [3.63, 3.8) is 0 Å². The Balaban J connectivity index is 3.25. The third kappa shape index (κ3) is 34.8. The first-order chi connectivity index (χ1) is 49.1. The van der Waals surface area contributed by atoms with Crippen LogP contribution in [0.15, 0.2) is 24.3 Å². The standard InChI is InChI=1S/C66H96N2O37/c1-32(93-43(12)77)53(26-87-38(7)72)102-64(100-50-22-20-49(84-18)21-23-50)58(30-91-42(11)76)104-62(51(67-35(4)69)25-86-37(6)71)101-54(27-88-39(8)73)34(3)95-63(57(98-47(16)81)29-90-41(10)75)103-55(33(2)94-44(13)78)31-92-66(65(83)85-19)24-52(96-45(14)79)59(68-36(5)70)61(105-66)60(99-48(17)82)56(97-46(15)80)28-89-40(9)74/h20-23,32-34,51-64H,24-31H2,1-19H3,(H,67,69)(H,68,70)/t32-,33+,34-,51-,52+,53?,54?,55?,56+,57-,58+,59+,60+,61?,62-,63+,64-,66+/m0/s1. The number of nitrogens with one attached hydrogen (secondary N) is 2. The summed E-state index contributed by atoms with van der Waals surface area (Å²) in [6, 6.07) is 2.42. The van der Waals surface area contributed by atoms with Gasteiger partial charge in [-0.15, -0.1) is 0 Å². The fourth-order valence-corrected chi connectivity index (χ4v) is 9.71. The molecule has 0 bridgehead atoms. The molecule has 1 saturated heterocycles. The molecule has 2 N–H and O–H groups in total. The molecule has 105 heavy (non-hydrogen) atoms. The van der Waals surface area contributed by atoms with Gasteiger partial charge in [0.2, 0.25) is 18.1 Å². The van der Waals surface area contributed by atoms with E-state index in [1.807, 2.05) is 0 Å². The van der Waals surface area contributed by atoms with Crippen molar-refractivity contribution in [2.75, 3.05) is 60.5 Å². The molecule has 2 amide bonds. The number of benzene rings is 1. The number of methoxy groups -OCH3 is 2. The van der Waals surface area contributed by atoms with Crippen molar-refractivity contribution < 1.29 is 176 Å². The molecule has 0 radical (unpaired) electrons. The van der Waals surface area contributed by atoms with Crippen molar-refractivity contribution in [1.82, 2.24) is 10.6 Å². The molecule has 1 aliphatic rings. The first-order valence-electron chi connectivity index (χ1n) is 32.4. The maximum Gasteiger partial charge on any atom is 0.366 e. The largest absolute Gasteiger partial charge is 0.497 e. The minimum absolute atomic E-state index is 0.00368. The molecule has 1 heterocycles.